The van der Waals surface area contributed by atoms with Gasteiger partial charge in [-0.15, -0.1) is 0 Å². The molecule has 0 saturated carbocycles. The molecule has 0 aliphatic carbocycles. The lowest BCUT2D eigenvalue weighted by atomic mass is 9.90. The minimum atomic E-state index is -1.66. The van der Waals surface area contributed by atoms with Gasteiger partial charge in [0.05, 0.1) is 6.61 Å². The molecule has 0 fully saturated rings. The van der Waals surface area contributed by atoms with Crippen molar-refractivity contribution in [2.24, 2.45) is 0 Å². The average Bonchev–Trinajstić information content (AvgIpc) is 2.60. The van der Waals surface area contributed by atoms with Crippen LogP contribution < -0.4 is 0 Å². The van der Waals surface area contributed by atoms with Gasteiger partial charge in [0, 0.05) is 17.2 Å². The van der Waals surface area contributed by atoms with Crippen LogP contribution in [0.15, 0.2) is 24.3 Å². The van der Waals surface area contributed by atoms with Gasteiger partial charge in [0.25, 0.3) is 5.91 Å². The maximum absolute atomic E-state index is 12.3. The summed E-state index contributed by atoms with van der Waals surface area (Å²) in [5.41, 5.74) is -0.955. The molecule has 0 radical (unpaired) electrons. The Bertz CT molecular complexity index is 511. The van der Waals surface area contributed by atoms with Crippen molar-refractivity contribution >= 4 is 11.9 Å². The van der Waals surface area contributed by atoms with E-state index < -0.39 is 18.1 Å². The van der Waals surface area contributed by atoms with Crippen molar-refractivity contribution < 1.29 is 19.8 Å². The quantitative estimate of drug-likeness (QED) is 0.831. The second-order valence-corrected chi connectivity index (χ2v) is 4.64. The highest BCUT2D eigenvalue weighted by Crippen LogP contribution is 2.40. The molecule has 1 amide bonds. The fourth-order valence-corrected chi connectivity index (χ4v) is 2.59. The first-order chi connectivity index (χ1) is 8.46. The molecule has 1 unspecified atom stereocenters. The van der Waals surface area contributed by atoms with Gasteiger partial charge in [-0.1, -0.05) is 18.2 Å². The van der Waals surface area contributed by atoms with Gasteiger partial charge >= 0.3 is 5.97 Å². The molecule has 96 valence electrons. The van der Waals surface area contributed by atoms with Crippen molar-refractivity contribution in [3.8, 4) is 0 Å². The molecule has 5 heteroatoms. The predicted molar refractivity (Wildman–Crippen MR) is 64.1 cm³/mol. The van der Waals surface area contributed by atoms with Gasteiger partial charge < -0.3 is 15.1 Å². The van der Waals surface area contributed by atoms with Crippen molar-refractivity contribution in [2.75, 3.05) is 6.61 Å². The van der Waals surface area contributed by atoms with Gasteiger partial charge in [0.2, 0.25) is 0 Å². The molecule has 0 aromatic heterocycles. The summed E-state index contributed by atoms with van der Waals surface area (Å²) < 4.78 is 0. The zero-order valence-corrected chi connectivity index (χ0v) is 10.3. The standard InChI is InChI=1S/C13H15NO4/c1-8(2)14-11(16)9-5-3-4-6-10(9)13(14,7-15)12(17)18/h3-6,8,15H,7H2,1-2H3,(H,17,18). The number of carboxylic acid groups (broad SMARTS) is 1. The number of carboxylic acids is 1. The van der Waals surface area contributed by atoms with Crippen LogP contribution in [0.25, 0.3) is 0 Å². The average molecular weight is 249 g/mol. The summed E-state index contributed by atoms with van der Waals surface area (Å²) in [5, 5.41) is 19.1. The maximum Gasteiger partial charge on any atom is 0.336 e. The third kappa shape index (κ3) is 1.37. The van der Waals surface area contributed by atoms with Gasteiger partial charge in [-0.2, -0.15) is 0 Å². The number of carbonyl (C=O) groups excluding carboxylic acids is 1. The highest BCUT2D eigenvalue weighted by Gasteiger charge is 2.55. The van der Waals surface area contributed by atoms with Crippen LogP contribution >= 0.6 is 0 Å². The normalized spacial score (nSPS) is 22.4. The minimum Gasteiger partial charge on any atom is -0.479 e. The minimum absolute atomic E-state index is 0.312. The lowest BCUT2D eigenvalue weighted by molar-refractivity contribution is -0.154. The Morgan fingerprint density at radius 2 is 2.00 bits per heavy atom. The predicted octanol–water partition coefficient (Wildman–Crippen LogP) is 0.823. The second kappa shape index (κ2) is 4.10. The molecule has 18 heavy (non-hydrogen) atoms. The fourth-order valence-electron chi connectivity index (χ4n) is 2.59. The molecule has 1 aliphatic rings. The van der Waals surface area contributed by atoms with E-state index >= 15 is 0 Å². The number of carbonyl (C=O) groups is 2. The summed E-state index contributed by atoms with van der Waals surface area (Å²) in [5.74, 6) is -1.56. The molecule has 1 atom stereocenters. The topological polar surface area (TPSA) is 77.8 Å². The first kappa shape index (κ1) is 12.6. The van der Waals surface area contributed by atoms with Crippen LogP contribution in [0.4, 0.5) is 0 Å². The van der Waals surface area contributed by atoms with E-state index in [-0.39, 0.29) is 11.9 Å². The van der Waals surface area contributed by atoms with Crippen LogP contribution in [0.1, 0.15) is 29.8 Å². The number of hydrogen-bond donors (Lipinski definition) is 2. The van der Waals surface area contributed by atoms with Crippen molar-refractivity contribution in [1.29, 1.82) is 0 Å². The van der Waals surface area contributed by atoms with Gasteiger partial charge in [-0.25, -0.2) is 4.79 Å². The van der Waals surface area contributed by atoms with E-state index in [1.165, 1.54) is 4.90 Å². The number of hydrogen-bond acceptors (Lipinski definition) is 3. The Morgan fingerprint density at radius 3 is 2.50 bits per heavy atom. The second-order valence-electron chi connectivity index (χ2n) is 4.64. The number of amides is 1. The summed E-state index contributed by atoms with van der Waals surface area (Å²) in [4.78, 5) is 25.1. The summed E-state index contributed by atoms with van der Waals surface area (Å²) >= 11 is 0. The number of rotatable bonds is 3. The molecular weight excluding hydrogens is 234 g/mol. The number of nitrogens with zero attached hydrogens (tertiary/aromatic N) is 1. The van der Waals surface area contributed by atoms with E-state index in [4.69, 9.17) is 0 Å². The van der Waals surface area contributed by atoms with Crippen molar-refractivity contribution in [3.05, 3.63) is 35.4 Å². The Kier molecular flexibility index (Phi) is 2.86. The Balaban J connectivity index is 2.74. The maximum atomic E-state index is 12.3. The molecule has 2 rings (SSSR count). The summed E-state index contributed by atoms with van der Waals surface area (Å²) in [6.45, 7) is 2.83. The zero-order chi connectivity index (χ0) is 13.5. The number of aliphatic carboxylic acids is 1. The summed E-state index contributed by atoms with van der Waals surface area (Å²) in [6.07, 6.45) is 0. The lowest BCUT2D eigenvalue weighted by Crippen LogP contribution is -2.55. The van der Waals surface area contributed by atoms with E-state index in [1.807, 2.05) is 0 Å². The molecule has 0 bridgehead atoms. The fraction of sp³-hybridized carbons (Fsp3) is 0.385. The van der Waals surface area contributed by atoms with Crippen LogP contribution in [0.2, 0.25) is 0 Å². The molecule has 1 aromatic rings. The van der Waals surface area contributed by atoms with E-state index in [0.29, 0.717) is 11.1 Å². The van der Waals surface area contributed by atoms with Crippen LogP contribution in [0.5, 0.6) is 0 Å². The SMILES string of the molecule is CC(C)N1C(=O)c2ccccc2C1(CO)C(=O)O. The molecule has 1 aliphatic heterocycles. The molecule has 1 heterocycles. The van der Waals surface area contributed by atoms with E-state index in [2.05, 4.69) is 0 Å². The van der Waals surface area contributed by atoms with Crippen LogP contribution in [0, 0.1) is 0 Å². The van der Waals surface area contributed by atoms with Crippen molar-refractivity contribution in [3.63, 3.8) is 0 Å². The lowest BCUT2D eigenvalue weighted by Gasteiger charge is -2.36. The third-order valence-corrected chi connectivity index (χ3v) is 3.33. The van der Waals surface area contributed by atoms with Crippen molar-refractivity contribution in [1.82, 2.24) is 4.90 Å². The highest BCUT2D eigenvalue weighted by molar-refractivity contribution is 6.05. The van der Waals surface area contributed by atoms with Crippen LogP contribution in [0.3, 0.4) is 0 Å². The molecule has 5 nitrogen and oxygen atoms in total. The van der Waals surface area contributed by atoms with E-state index in [1.54, 1.807) is 38.1 Å². The number of fused-ring (bicyclic) bond motifs is 1. The summed E-state index contributed by atoms with van der Waals surface area (Å²) in [7, 11) is 0. The first-order valence-electron chi connectivity index (χ1n) is 5.74. The van der Waals surface area contributed by atoms with E-state index in [0.717, 1.165) is 0 Å². The Morgan fingerprint density at radius 1 is 1.39 bits per heavy atom. The largest absolute Gasteiger partial charge is 0.479 e. The van der Waals surface area contributed by atoms with Crippen molar-refractivity contribution in [2.45, 2.75) is 25.4 Å². The summed E-state index contributed by atoms with van der Waals surface area (Å²) in [6, 6.07) is 6.22. The molecule has 2 N–H and O–H groups in total. The highest BCUT2D eigenvalue weighted by atomic mass is 16.4. The molecule has 1 aromatic carbocycles. The number of aliphatic hydroxyl groups is 1. The van der Waals surface area contributed by atoms with Gasteiger partial charge in [-0.3, -0.25) is 4.79 Å². The Hall–Kier alpha value is -1.88. The first-order valence-corrected chi connectivity index (χ1v) is 5.74. The van der Waals surface area contributed by atoms with Gasteiger partial charge in [0.15, 0.2) is 5.54 Å². The van der Waals surface area contributed by atoms with Crippen LogP contribution in [-0.2, 0) is 10.3 Å². The number of aliphatic hydroxyl groups excluding tert-OH is 1. The van der Waals surface area contributed by atoms with Gasteiger partial charge in [-0.05, 0) is 19.9 Å². The van der Waals surface area contributed by atoms with Crippen LogP contribution in [-0.4, -0.2) is 39.6 Å². The number of benzene rings is 1. The molecular formula is C13H15NO4. The molecule has 0 saturated heterocycles. The van der Waals surface area contributed by atoms with Gasteiger partial charge in [0.1, 0.15) is 0 Å². The third-order valence-electron chi connectivity index (χ3n) is 3.33. The molecule has 0 spiro atoms. The monoisotopic (exact) mass is 249 g/mol. The van der Waals surface area contributed by atoms with E-state index in [9.17, 15) is 19.8 Å². The zero-order valence-electron chi connectivity index (χ0n) is 10.3. The Labute approximate surface area is 105 Å². The smallest absolute Gasteiger partial charge is 0.336 e.